The Balaban J connectivity index is 2.20. The molecule has 0 aromatic rings. The highest BCUT2D eigenvalue weighted by Crippen LogP contribution is 2.13. The van der Waals surface area contributed by atoms with Crippen molar-refractivity contribution in [3.8, 4) is 0 Å². The van der Waals surface area contributed by atoms with Gasteiger partial charge in [-0.1, -0.05) is 0 Å². The Morgan fingerprint density at radius 2 is 2.11 bits per heavy atom. The highest BCUT2D eigenvalue weighted by Gasteiger charge is 2.23. The summed E-state index contributed by atoms with van der Waals surface area (Å²) in [6, 6.07) is 0. The second kappa shape index (κ2) is 3.62. The zero-order valence-corrected chi connectivity index (χ0v) is 6.36. The van der Waals surface area contributed by atoms with Crippen molar-refractivity contribution < 1.29 is 9.47 Å². The average Bonchev–Trinajstić information content (AvgIpc) is 2.34. The van der Waals surface area contributed by atoms with Gasteiger partial charge in [-0.3, -0.25) is 0 Å². The molecule has 1 rings (SSSR count). The highest BCUT2D eigenvalue weighted by molar-refractivity contribution is 6.18. The van der Waals surface area contributed by atoms with E-state index in [1.54, 1.807) is 0 Å². The van der Waals surface area contributed by atoms with E-state index >= 15 is 0 Å². The first-order valence-corrected chi connectivity index (χ1v) is 3.82. The number of hydrogen-bond acceptors (Lipinski definition) is 2. The summed E-state index contributed by atoms with van der Waals surface area (Å²) in [5.74, 6) is 0.862. The van der Waals surface area contributed by atoms with Gasteiger partial charge >= 0.3 is 0 Å². The van der Waals surface area contributed by atoms with Crippen molar-refractivity contribution in [1.29, 1.82) is 0 Å². The molecule has 0 aromatic heterocycles. The Labute approximate surface area is 64.0 Å². The van der Waals surface area contributed by atoms with Gasteiger partial charge in [0.05, 0.1) is 24.5 Å². The third kappa shape index (κ3) is 1.97. The van der Waals surface area contributed by atoms with Crippen molar-refractivity contribution in [3.05, 3.63) is 0 Å². The Morgan fingerprint density at radius 1 is 1.33 bits per heavy atom. The molecule has 1 heterocycles. The van der Waals surface area contributed by atoms with Gasteiger partial charge in [0.2, 0.25) is 0 Å². The molecule has 0 spiro atoms. The van der Waals surface area contributed by atoms with E-state index in [1.807, 2.05) is 0 Å². The van der Waals surface area contributed by atoms with E-state index in [0.29, 0.717) is 18.4 Å². The summed E-state index contributed by atoms with van der Waals surface area (Å²) in [6.45, 7) is 0.570. The lowest BCUT2D eigenvalue weighted by Crippen LogP contribution is -2.14. The topological polar surface area (TPSA) is 18.5 Å². The van der Waals surface area contributed by atoms with E-state index in [0.717, 1.165) is 0 Å². The second-order valence-electron chi connectivity index (χ2n) is 1.83. The zero-order chi connectivity index (χ0) is 6.69. The van der Waals surface area contributed by atoms with Gasteiger partial charge in [0.25, 0.3) is 0 Å². The van der Waals surface area contributed by atoms with Crippen LogP contribution >= 0.6 is 23.2 Å². The maximum atomic E-state index is 5.48. The third-order valence-electron chi connectivity index (χ3n) is 1.11. The molecule has 54 valence electrons. The molecule has 2 atom stereocenters. The van der Waals surface area contributed by atoms with Crippen LogP contribution < -0.4 is 0 Å². The molecule has 1 saturated heterocycles. The van der Waals surface area contributed by atoms with Crippen molar-refractivity contribution in [2.24, 2.45) is 0 Å². The SMILES string of the molecule is ClC[C@H]1CO[C@@H](CCl)O1. The minimum absolute atomic E-state index is 0.0374. The van der Waals surface area contributed by atoms with E-state index in [1.165, 1.54) is 0 Å². The van der Waals surface area contributed by atoms with Gasteiger partial charge in [0.15, 0.2) is 6.29 Å². The fourth-order valence-corrected chi connectivity index (χ4v) is 0.993. The fourth-order valence-electron chi connectivity index (χ4n) is 0.670. The summed E-state index contributed by atoms with van der Waals surface area (Å²) in [4.78, 5) is 0. The Bertz CT molecular complexity index is 79.0. The second-order valence-corrected chi connectivity index (χ2v) is 2.45. The van der Waals surface area contributed by atoms with Crippen LogP contribution in [0.25, 0.3) is 0 Å². The first-order chi connectivity index (χ1) is 4.36. The molecule has 0 radical (unpaired) electrons. The van der Waals surface area contributed by atoms with Gasteiger partial charge in [-0.2, -0.15) is 0 Å². The van der Waals surface area contributed by atoms with Crippen LogP contribution in [-0.4, -0.2) is 30.8 Å². The van der Waals surface area contributed by atoms with Gasteiger partial charge in [0.1, 0.15) is 0 Å². The predicted octanol–water partition coefficient (Wildman–Crippen LogP) is 1.21. The summed E-state index contributed by atoms with van der Waals surface area (Å²) in [6.07, 6.45) is -0.203. The lowest BCUT2D eigenvalue weighted by molar-refractivity contribution is -0.0356. The van der Waals surface area contributed by atoms with Crippen LogP contribution in [0.2, 0.25) is 0 Å². The standard InChI is InChI=1S/C5H8Cl2O2/c6-1-4-3-8-5(2-7)9-4/h4-5H,1-3H2/t4-,5+/m0/s1. The molecule has 1 aliphatic rings. The Kier molecular flexibility index (Phi) is 3.06. The van der Waals surface area contributed by atoms with Gasteiger partial charge in [-0.05, 0) is 0 Å². The minimum Gasteiger partial charge on any atom is -0.349 e. The van der Waals surface area contributed by atoms with E-state index < -0.39 is 0 Å². The van der Waals surface area contributed by atoms with Crippen LogP contribution in [0, 0.1) is 0 Å². The van der Waals surface area contributed by atoms with Crippen LogP contribution in [0.15, 0.2) is 0 Å². The summed E-state index contributed by atoms with van der Waals surface area (Å²) in [7, 11) is 0. The molecule has 0 bridgehead atoms. The number of ether oxygens (including phenoxy) is 2. The minimum atomic E-state index is -0.240. The van der Waals surface area contributed by atoms with Crippen LogP contribution in [-0.2, 0) is 9.47 Å². The number of hydrogen-bond donors (Lipinski definition) is 0. The molecule has 9 heavy (non-hydrogen) atoms. The highest BCUT2D eigenvalue weighted by atomic mass is 35.5. The largest absolute Gasteiger partial charge is 0.349 e. The van der Waals surface area contributed by atoms with Gasteiger partial charge < -0.3 is 9.47 Å². The number of halogens is 2. The van der Waals surface area contributed by atoms with E-state index in [4.69, 9.17) is 32.7 Å². The van der Waals surface area contributed by atoms with Crippen LogP contribution in [0.1, 0.15) is 0 Å². The maximum absolute atomic E-state index is 5.48. The van der Waals surface area contributed by atoms with Crippen molar-refractivity contribution in [2.75, 3.05) is 18.4 Å². The third-order valence-corrected chi connectivity index (χ3v) is 1.71. The van der Waals surface area contributed by atoms with Crippen LogP contribution in [0.3, 0.4) is 0 Å². The molecule has 0 amide bonds. The molecule has 4 heteroatoms. The Hall–Kier alpha value is 0.500. The monoisotopic (exact) mass is 170 g/mol. The van der Waals surface area contributed by atoms with Crippen LogP contribution in [0.5, 0.6) is 0 Å². The molecule has 0 aliphatic carbocycles. The van der Waals surface area contributed by atoms with Crippen molar-refractivity contribution in [3.63, 3.8) is 0 Å². The van der Waals surface area contributed by atoms with Crippen molar-refractivity contribution in [1.82, 2.24) is 0 Å². The summed E-state index contributed by atoms with van der Waals surface area (Å²) in [5.41, 5.74) is 0. The molecular weight excluding hydrogens is 163 g/mol. The molecule has 0 unspecified atom stereocenters. The van der Waals surface area contributed by atoms with E-state index in [-0.39, 0.29) is 12.4 Å². The average molecular weight is 171 g/mol. The lowest BCUT2D eigenvalue weighted by atomic mass is 10.4. The smallest absolute Gasteiger partial charge is 0.171 e. The molecule has 0 N–H and O–H groups in total. The molecule has 2 nitrogen and oxygen atoms in total. The predicted molar refractivity (Wildman–Crippen MR) is 36.1 cm³/mol. The number of rotatable bonds is 2. The molecule has 1 aliphatic heterocycles. The quantitative estimate of drug-likeness (QED) is 0.581. The van der Waals surface area contributed by atoms with Gasteiger partial charge in [-0.25, -0.2) is 0 Å². The molecule has 0 aromatic carbocycles. The first kappa shape index (κ1) is 7.61. The molecule has 1 fully saturated rings. The molecular formula is C5H8Cl2O2. The van der Waals surface area contributed by atoms with E-state index in [2.05, 4.69) is 0 Å². The summed E-state index contributed by atoms with van der Waals surface area (Å²) in [5, 5.41) is 0. The van der Waals surface area contributed by atoms with Crippen molar-refractivity contribution in [2.45, 2.75) is 12.4 Å². The van der Waals surface area contributed by atoms with Crippen LogP contribution in [0.4, 0.5) is 0 Å². The maximum Gasteiger partial charge on any atom is 0.171 e. The summed E-state index contributed by atoms with van der Waals surface area (Å²) < 4.78 is 10.2. The lowest BCUT2D eigenvalue weighted by Gasteiger charge is -2.04. The van der Waals surface area contributed by atoms with E-state index in [9.17, 15) is 0 Å². The molecule has 0 saturated carbocycles. The fraction of sp³-hybridized carbons (Fsp3) is 1.00. The number of alkyl halides is 2. The van der Waals surface area contributed by atoms with Gasteiger partial charge in [0, 0.05) is 0 Å². The first-order valence-electron chi connectivity index (χ1n) is 2.76. The summed E-state index contributed by atoms with van der Waals surface area (Å²) >= 11 is 10.9. The van der Waals surface area contributed by atoms with Crippen molar-refractivity contribution >= 4 is 23.2 Å². The zero-order valence-electron chi connectivity index (χ0n) is 4.85. The normalized spacial score (nSPS) is 35.3. The Morgan fingerprint density at radius 3 is 2.44 bits per heavy atom. The van der Waals surface area contributed by atoms with Gasteiger partial charge in [-0.15, -0.1) is 23.2 Å².